The minimum Gasteiger partial charge on any atom is -0.367 e. The van der Waals surface area contributed by atoms with Gasteiger partial charge in [-0.05, 0) is 72.8 Å². The summed E-state index contributed by atoms with van der Waals surface area (Å²) in [4.78, 5) is 2.73. The third kappa shape index (κ3) is 7.01. The predicted molar refractivity (Wildman–Crippen MR) is 147 cm³/mol. The molecule has 2 heteroatoms. The van der Waals surface area contributed by atoms with Gasteiger partial charge < -0.3 is 10.2 Å². The van der Waals surface area contributed by atoms with Gasteiger partial charge in [0.1, 0.15) is 0 Å². The Morgan fingerprint density at radius 3 is 2.39 bits per heavy atom. The molecule has 0 aromatic heterocycles. The highest BCUT2D eigenvalue weighted by Crippen LogP contribution is 2.39. The first-order chi connectivity index (χ1) is 15.5. The highest BCUT2D eigenvalue weighted by Gasteiger charge is 2.26. The molecule has 3 rings (SSSR count). The van der Waals surface area contributed by atoms with Crippen molar-refractivity contribution in [3.63, 3.8) is 0 Å². The number of hydrogen-bond donors (Lipinski definition) is 1. The number of benzene rings is 1. The van der Waals surface area contributed by atoms with Gasteiger partial charge in [0.2, 0.25) is 0 Å². The molecule has 0 heterocycles. The van der Waals surface area contributed by atoms with E-state index in [2.05, 4.69) is 95.6 Å². The second-order valence-corrected chi connectivity index (χ2v) is 12.1. The molecule has 0 amide bonds. The van der Waals surface area contributed by atoms with E-state index in [9.17, 15) is 0 Å². The zero-order valence-electron chi connectivity index (χ0n) is 22.4. The lowest BCUT2D eigenvalue weighted by Crippen LogP contribution is -2.39. The van der Waals surface area contributed by atoms with Crippen LogP contribution in [0.3, 0.4) is 0 Å². The largest absolute Gasteiger partial charge is 0.367 e. The van der Waals surface area contributed by atoms with Crippen LogP contribution in [-0.2, 0) is 0 Å². The average Bonchev–Trinajstić information content (AvgIpc) is 3.21. The van der Waals surface area contributed by atoms with E-state index in [0.29, 0.717) is 17.9 Å². The predicted octanol–water partition coefficient (Wildman–Crippen LogP) is 9.22. The second-order valence-electron chi connectivity index (χ2n) is 12.1. The second kappa shape index (κ2) is 11.0. The Morgan fingerprint density at radius 1 is 1.12 bits per heavy atom. The van der Waals surface area contributed by atoms with Crippen LogP contribution < -0.4 is 10.2 Å². The van der Waals surface area contributed by atoms with Gasteiger partial charge in [-0.25, -0.2) is 0 Å². The molecule has 2 aliphatic rings. The maximum atomic E-state index is 4.16. The molecule has 2 nitrogen and oxygen atoms in total. The van der Waals surface area contributed by atoms with Crippen LogP contribution in [0, 0.1) is 11.3 Å². The molecule has 1 saturated carbocycles. The normalized spacial score (nSPS) is 18.2. The smallest absolute Gasteiger partial charge is 0.0622 e. The molecule has 1 fully saturated rings. The fourth-order valence-corrected chi connectivity index (χ4v) is 5.39. The number of hydrogen-bond acceptors (Lipinski definition) is 2. The maximum absolute atomic E-state index is 4.16. The van der Waals surface area contributed by atoms with Crippen molar-refractivity contribution in [2.75, 3.05) is 16.8 Å². The number of rotatable bonds is 9. The molecule has 1 aromatic rings. The molecule has 0 bridgehead atoms. The van der Waals surface area contributed by atoms with E-state index in [1.54, 1.807) is 0 Å². The van der Waals surface area contributed by atoms with Crippen molar-refractivity contribution in [3.8, 4) is 0 Å². The maximum Gasteiger partial charge on any atom is 0.0622 e. The van der Waals surface area contributed by atoms with Crippen LogP contribution in [0.25, 0.3) is 0 Å². The van der Waals surface area contributed by atoms with Gasteiger partial charge in [-0.3, -0.25) is 0 Å². The summed E-state index contributed by atoms with van der Waals surface area (Å²) in [6.45, 7) is 21.4. The van der Waals surface area contributed by atoms with Crippen molar-refractivity contribution < 1.29 is 0 Å². The number of allylic oxidation sites excluding steroid dienone is 4. The van der Waals surface area contributed by atoms with Gasteiger partial charge in [-0.15, -0.1) is 6.58 Å². The summed E-state index contributed by atoms with van der Waals surface area (Å²) in [7, 11) is 0. The Labute approximate surface area is 204 Å². The van der Waals surface area contributed by atoms with Crippen molar-refractivity contribution in [3.05, 3.63) is 59.3 Å². The molecule has 0 aliphatic heterocycles. The van der Waals surface area contributed by atoms with Gasteiger partial charge in [0.05, 0.1) is 11.4 Å². The molecule has 182 valence electrons. The van der Waals surface area contributed by atoms with E-state index in [1.165, 1.54) is 65.9 Å². The van der Waals surface area contributed by atoms with Gasteiger partial charge >= 0.3 is 0 Å². The summed E-state index contributed by atoms with van der Waals surface area (Å²) in [5.74, 6) is 1.12. The number of nitrogens with zero attached hydrogens (tertiary/aromatic N) is 1. The molecule has 0 spiro atoms. The van der Waals surface area contributed by atoms with Crippen LogP contribution in [0.2, 0.25) is 0 Å². The third-order valence-electron chi connectivity index (χ3n) is 7.16. The highest BCUT2D eigenvalue weighted by molar-refractivity contribution is 5.74. The molecule has 1 N–H and O–H groups in total. The molecule has 33 heavy (non-hydrogen) atoms. The van der Waals surface area contributed by atoms with E-state index in [0.717, 1.165) is 19.4 Å². The summed E-state index contributed by atoms with van der Waals surface area (Å²) < 4.78 is 0. The highest BCUT2D eigenvalue weighted by atomic mass is 15.2. The Hall–Kier alpha value is -1.96. The van der Waals surface area contributed by atoms with Crippen molar-refractivity contribution >= 4 is 11.4 Å². The first-order valence-electron chi connectivity index (χ1n) is 13.3. The zero-order chi connectivity index (χ0) is 24.2. The Bertz CT molecular complexity index is 875. The summed E-state index contributed by atoms with van der Waals surface area (Å²) in [5, 5.41) is 3.90. The zero-order valence-corrected chi connectivity index (χ0v) is 22.4. The van der Waals surface area contributed by atoms with Gasteiger partial charge in [0.15, 0.2) is 0 Å². The van der Waals surface area contributed by atoms with Gasteiger partial charge in [0.25, 0.3) is 0 Å². The molecular formula is C31H48N2. The quantitative estimate of drug-likeness (QED) is 0.379. The lowest BCUT2D eigenvalue weighted by Gasteiger charge is -2.39. The van der Waals surface area contributed by atoms with Crippen molar-refractivity contribution in [1.82, 2.24) is 0 Å². The van der Waals surface area contributed by atoms with Crippen LogP contribution in [-0.4, -0.2) is 12.6 Å². The van der Waals surface area contributed by atoms with Crippen LogP contribution in [0.5, 0.6) is 0 Å². The lowest BCUT2D eigenvalue weighted by atomic mass is 9.87. The van der Waals surface area contributed by atoms with E-state index in [4.69, 9.17) is 0 Å². The SMILES string of the molecule is C=C(C)C[C@@H](C)c1ccc(N(CC(C)C)C2CCCCC2)c(NC2=CC(C(C)(C)C)=CC2)c1. The fraction of sp³-hybridized carbons (Fsp3) is 0.613. The molecular weight excluding hydrogens is 400 g/mol. The molecule has 2 aliphatic carbocycles. The first kappa shape index (κ1) is 25.7. The summed E-state index contributed by atoms with van der Waals surface area (Å²) in [6, 6.07) is 7.85. The van der Waals surface area contributed by atoms with Crippen LogP contribution >= 0.6 is 0 Å². The minimum absolute atomic E-state index is 0.190. The van der Waals surface area contributed by atoms with E-state index in [-0.39, 0.29) is 5.41 Å². The van der Waals surface area contributed by atoms with Gasteiger partial charge in [-0.2, -0.15) is 0 Å². The molecule has 0 radical (unpaired) electrons. The number of nitrogens with one attached hydrogen (secondary N) is 1. The minimum atomic E-state index is 0.190. The number of anilines is 2. The fourth-order valence-electron chi connectivity index (χ4n) is 5.39. The first-order valence-corrected chi connectivity index (χ1v) is 13.3. The van der Waals surface area contributed by atoms with Crippen LogP contribution in [0.1, 0.15) is 105 Å². The molecule has 1 aromatic carbocycles. The van der Waals surface area contributed by atoms with E-state index in [1.807, 2.05) is 0 Å². The Balaban J connectivity index is 1.98. The molecule has 0 saturated heterocycles. The monoisotopic (exact) mass is 448 g/mol. The van der Waals surface area contributed by atoms with Gasteiger partial charge in [0, 0.05) is 24.7 Å². The lowest BCUT2D eigenvalue weighted by molar-refractivity contribution is 0.401. The average molecular weight is 449 g/mol. The standard InChI is InChI=1S/C31H48N2/c1-22(2)18-24(5)25-14-17-30(33(21-23(3)4)28-12-10-9-11-13-28)29(19-25)32-27-16-15-26(20-27)31(6,7)8/h14-15,17,19-20,23-24,28,32H,1,9-13,16,18,21H2,2-8H3/t24-/m1/s1. The molecule has 0 unspecified atom stereocenters. The molecule has 1 atom stereocenters. The third-order valence-corrected chi connectivity index (χ3v) is 7.16. The Kier molecular flexibility index (Phi) is 8.54. The van der Waals surface area contributed by atoms with Gasteiger partial charge in [-0.1, -0.05) is 78.5 Å². The van der Waals surface area contributed by atoms with Crippen molar-refractivity contribution in [2.24, 2.45) is 11.3 Å². The summed E-state index contributed by atoms with van der Waals surface area (Å²) in [6.07, 6.45) is 13.5. The van der Waals surface area contributed by atoms with Crippen LogP contribution in [0.4, 0.5) is 11.4 Å². The van der Waals surface area contributed by atoms with Crippen molar-refractivity contribution in [2.45, 2.75) is 105 Å². The van der Waals surface area contributed by atoms with Crippen LogP contribution in [0.15, 0.2) is 53.8 Å². The summed E-state index contributed by atoms with van der Waals surface area (Å²) >= 11 is 0. The van der Waals surface area contributed by atoms with E-state index >= 15 is 0 Å². The topological polar surface area (TPSA) is 15.3 Å². The Morgan fingerprint density at radius 2 is 1.82 bits per heavy atom. The summed E-state index contributed by atoms with van der Waals surface area (Å²) in [5.41, 5.74) is 8.26. The van der Waals surface area contributed by atoms with E-state index < -0.39 is 0 Å². The van der Waals surface area contributed by atoms with Crippen molar-refractivity contribution in [1.29, 1.82) is 0 Å².